The minimum Gasteiger partial charge on any atom is -0.263 e. The topological polar surface area (TPSA) is 43.4 Å². The molecular weight excluding hydrogens is 236 g/mol. The Labute approximate surface area is 103 Å². The fourth-order valence-corrected chi connectivity index (χ4v) is 3.64. The zero-order valence-corrected chi connectivity index (χ0v) is 11.1. The van der Waals surface area contributed by atoms with Crippen LogP contribution in [0, 0.1) is 13.8 Å². The molecule has 2 rings (SSSR count). The molecule has 0 aliphatic heterocycles. The average molecular weight is 254 g/mol. The lowest BCUT2D eigenvalue weighted by molar-refractivity contribution is 0.217. The van der Waals surface area contributed by atoms with Crippen molar-refractivity contribution in [2.75, 3.05) is 0 Å². The zero-order valence-electron chi connectivity index (χ0n) is 10.3. The van der Waals surface area contributed by atoms with Gasteiger partial charge in [0.15, 0.2) is 0 Å². The highest BCUT2D eigenvalue weighted by atomic mass is 32.2. The molecular formula is C13H18O3S. The summed E-state index contributed by atoms with van der Waals surface area (Å²) in [5.41, 5.74) is 1.81. The van der Waals surface area contributed by atoms with Crippen molar-refractivity contribution in [3.63, 3.8) is 0 Å². The van der Waals surface area contributed by atoms with Crippen molar-refractivity contribution in [3.05, 3.63) is 29.3 Å². The Morgan fingerprint density at radius 3 is 2.41 bits per heavy atom. The lowest BCUT2D eigenvalue weighted by Crippen LogP contribution is -2.16. The van der Waals surface area contributed by atoms with E-state index in [0.717, 1.165) is 36.8 Å². The van der Waals surface area contributed by atoms with Crippen molar-refractivity contribution in [1.29, 1.82) is 0 Å². The minimum absolute atomic E-state index is 0.124. The predicted molar refractivity (Wildman–Crippen MR) is 66.4 cm³/mol. The monoisotopic (exact) mass is 254 g/mol. The van der Waals surface area contributed by atoms with Gasteiger partial charge in [-0.15, -0.1) is 0 Å². The van der Waals surface area contributed by atoms with Crippen molar-refractivity contribution in [1.82, 2.24) is 0 Å². The molecule has 0 radical (unpaired) electrons. The van der Waals surface area contributed by atoms with Crippen LogP contribution in [0.2, 0.25) is 0 Å². The summed E-state index contributed by atoms with van der Waals surface area (Å²) >= 11 is 0. The first-order valence-corrected chi connectivity index (χ1v) is 7.40. The summed E-state index contributed by atoms with van der Waals surface area (Å²) in [7, 11) is -3.59. The van der Waals surface area contributed by atoms with Gasteiger partial charge in [0.05, 0.1) is 11.0 Å². The fraction of sp³-hybridized carbons (Fsp3) is 0.538. The van der Waals surface area contributed by atoms with Crippen LogP contribution in [0.25, 0.3) is 0 Å². The molecule has 0 N–H and O–H groups in total. The molecule has 0 heterocycles. The lowest BCUT2D eigenvalue weighted by Gasteiger charge is -2.13. The number of rotatable bonds is 3. The van der Waals surface area contributed by atoms with Gasteiger partial charge in [-0.1, -0.05) is 30.5 Å². The molecule has 0 spiro atoms. The van der Waals surface area contributed by atoms with Crippen molar-refractivity contribution in [2.24, 2.45) is 0 Å². The largest absolute Gasteiger partial charge is 0.297 e. The van der Waals surface area contributed by atoms with Gasteiger partial charge in [-0.25, -0.2) is 0 Å². The average Bonchev–Trinajstić information content (AvgIpc) is 2.68. The molecule has 0 atom stereocenters. The van der Waals surface area contributed by atoms with Crippen LogP contribution in [0.15, 0.2) is 23.1 Å². The molecule has 1 aromatic carbocycles. The van der Waals surface area contributed by atoms with E-state index in [-0.39, 0.29) is 6.10 Å². The maximum absolute atomic E-state index is 12.1. The molecule has 1 aliphatic rings. The number of hydrogen-bond donors (Lipinski definition) is 0. The summed E-state index contributed by atoms with van der Waals surface area (Å²) in [4.78, 5) is 0.301. The lowest BCUT2D eigenvalue weighted by atomic mass is 10.2. The van der Waals surface area contributed by atoms with Gasteiger partial charge >= 0.3 is 0 Å². The molecule has 1 aromatic rings. The van der Waals surface area contributed by atoms with E-state index in [9.17, 15) is 8.42 Å². The van der Waals surface area contributed by atoms with Crippen molar-refractivity contribution in [2.45, 2.75) is 50.5 Å². The van der Waals surface area contributed by atoms with Gasteiger partial charge in [0.25, 0.3) is 10.1 Å². The van der Waals surface area contributed by atoms with Gasteiger partial charge in [0, 0.05) is 0 Å². The van der Waals surface area contributed by atoms with Crippen LogP contribution < -0.4 is 0 Å². The molecule has 4 heteroatoms. The summed E-state index contributed by atoms with van der Waals surface area (Å²) in [6.07, 6.45) is 3.70. The van der Waals surface area contributed by atoms with Crippen LogP contribution in [0.5, 0.6) is 0 Å². The van der Waals surface area contributed by atoms with Crippen LogP contribution in [0.4, 0.5) is 0 Å². The van der Waals surface area contributed by atoms with E-state index in [1.807, 2.05) is 13.0 Å². The molecule has 94 valence electrons. The van der Waals surface area contributed by atoms with Gasteiger partial charge in [-0.2, -0.15) is 8.42 Å². The smallest absolute Gasteiger partial charge is 0.263 e. The highest BCUT2D eigenvalue weighted by Crippen LogP contribution is 2.26. The van der Waals surface area contributed by atoms with Crippen molar-refractivity contribution in [3.8, 4) is 0 Å². The molecule has 0 saturated heterocycles. The summed E-state index contributed by atoms with van der Waals surface area (Å²) in [6.45, 7) is 3.75. The van der Waals surface area contributed by atoms with E-state index in [1.165, 1.54) is 0 Å². The van der Waals surface area contributed by atoms with Gasteiger partial charge in [0.1, 0.15) is 0 Å². The molecule has 1 saturated carbocycles. The number of aryl methyl sites for hydroxylation is 2. The van der Waals surface area contributed by atoms with E-state index in [1.54, 1.807) is 19.1 Å². The SMILES string of the molecule is Cc1ccc(S(=O)(=O)OC2CCCC2)c(C)c1. The summed E-state index contributed by atoms with van der Waals surface area (Å²) in [5.74, 6) is 0. The second-order valence-corrected chi connectivity index (χ2v) is 6.27. The first-order valence-electron chi connectivity index (χ1n) is 5.99. The standard InChI is InChI=1S/C13H18O3S/c1-10-7-8-13(11(2)9-10)17(14,15)16-12-5-3-4-6-12/h7-9,12H,3-6H2,1-2H3. The third-order valence-electron chi connectivity index (χ3n) is 3.16. The Kier molecular flexibility index (Phi) is 3.54. The molecule has 0 amide bonds. The van der Waals surface area contributed by atoms with E-state index < -0.39 is 10.1 Å². The fourth-order valence-electron chi connectivity index (χ4n) is 2.30. The molecule has 0 bridgehead atoms. The Balaban J connectivity index is 2.24. The Morgan fingerprint density at radius 1 is 1.18 bits per heavy atom. The van der Waals surface area contributed by atoms with E-state index >= 15 is 0 Å². The highest BCUT2D eigenvalue weighted by molar-refractivity contribution is 7.86. The van der Waals surface area contributed by atoms with E-state index in [0.29, 0.717) is 4.90 Å². The van der Waals surface area contributed by atoms with Gasteiger partial charge in [-0.3, -0.25) is 4.18 Å². The first kappa shape index (κ1) is 12.6. The third-order valence-corrected chi connectivity index (χ3v) is 4.69. The van der Waals surface area contributed by atoms with E-state index in [2.05, 4.69) is 0 Å². The maximum atomic E-state index is 12.1. The van der Waals surface area contributed by atoms with E-state index in [4.69, 9.17) is 4.18 Å². The summed E-state index contributed by atoms with van der Waals surface area (Å²) < 4.78 is 29.5. The van der Waals surface area contributed by atoms with Crippen molar-refractivity contribution < 1.29 is 12.6 Å². The second kappa shape index (κ2) is 4.78. The second-order valence-electron chi connectivity index (χ2n) is 4.73. The van der Waals surface area contributed by atoms with Crippen LogP contribution >= 0.6 is 0 Å². The normalized spacial score (nSPS) is 17.5. The van der Waals surface area contributed by atoms with Crippen LogP contribution in [0.3, 0.4) is 0 Å². The Bertz CT molecular complexity index is 499. The van der Waals surface area contributed by atoms with Crippen LogP contribution in [-0.4, -0.2) is 14.5 Å². The summed E-state index contributed by atoms with van der Waals surface area (Å²) in [6, 6.07) is 5.30. The van der Waals surface area contributed by atoms with Crippen LogP contribution in [-0.2, 0) is 14.3 Å². The molecule has 0 unspecified atom stereocenters. The van der Waals surface area contributed by atoms with Gasteiger partial charge in [-0.05, 0) is 38.3 Å². The molecule has 3 nitrogen and oxygen atoms in total. The Morgan fingerprint density at radius 2 is 1.82 bits per heavy atom. The first-order chi connectivity index (χ1) is 7.99. The molecule has 1 aliphatic carbocycles. The number of hydrogen-bond acceptors (Lipinski definition) is 3. The quantitative estimate of drug-likeness (QED) is 0.779. The van der Waals surface area contributed by atoms with Crippen LogP contribution in [0.1, 0.15) is 36.8 Å². The highest BCUT2D eigenvalue weighted by Gasteiger charge is 2.25. The van der Waals surface area contributed by atoms with Crippen molar-refractivity contribution >= 4 is 10.1 Å². The third kappa shape index (κ3) is 2.87. The minimum atomic E-state index is -3.59. The predicted octanol–water partition coefficient (Wildman–Crippen LogP) is 2.95. The molecule has 1 fully saturated rings. The Hall–Kier alpha value is -0.870. The maximum Gasteiger partial charge on any atom is 0.297 e. The number of benzene rings is 1. The molecule has 0 aromatic heterocycles. The molecule has 17 heavy (non-hydrogen) atoms. The van der Waals surface area contributed by atoms with Gasteiger partial charge < -0.3 is 0 Å². The van der Waals surface area contributed by atoms with Gasteiger partial charge in [0.2, 0.25) is 0 Å². The zero-order chi connectivity index (χ0) is 12.5. The summed E-state index contributed by atoms with van der Waals surface area (Å²) in [5, 5.41) is 0.